The molecule has 1 heterocycles. The third-order valence-corrected chi connectivity index (χ3v) is 3.81. The van der Waals surface area contributed by atoms with E-state index < -0.39 is 35.5 Å². The Morgan fingerprint density at radius 3 is 2.07 bits per heavy atom. The summed E-state index contributed by atoms with van der Waals surface area (Å²) >= 11 is 0. The number of ketones is 1. The molecule has 4 N–H and O–H groups in total. The van der Waals surface area contributed by atoms with E-state index in [4.69, 9.17) is 5.73 Å². The smallest absolute Gasteiger partial charge is 0.381 e. The predicted molar refractivity (Wildman–Crippen MR) is 100 cm³/mol. The van der Waals surface area contributed by atoms with Crippen LogP contribution in [0.2, 0.25) is 0 Å². The van der Waals surface area contributed by atoms with E-state index in [1.165, 1.54) is 24.3 Å². The fourth-order valence-electron chi connectivity index (χ4n) is 2.43. The standard InChI is InChI=1S/C19H13F4N5O2/c20-13-15(19(21,22)23)26-17(27-16(13)24)28-18(30)25-12-8-6-11(7-9-12)14(29)10-4-2-1-3-5-10/h1-9H,(H4,24,25,26,27,28,30). The van der Waals surface area contributed by atoms with Crippen molar-refractivity contribution in [2.45, 2.75) is 6.18 Å². The molecule has 0 radical (unpaired) electrons. The van der Waals surface area contributed by atoms with Crippen LogP contribution in [0.4, 0.5) is 39.8 Å². The number of anilines is 3. The Morgan fingerprint density at radius 1 is 0.867 bits per heavy atom. The molecule has 0 bridgehead atoms. The molecule has 7 nitrogen and oxygen atoms in total. The van der Waals surface area contributed by atoms with Gasteiger partial charge >= 0.3 is 12.2 Å². The van der Waals surface area contributed by atoms with Crippen molar-refractivity contribution in [3.8, 4) is 0 Å². The number of nitrogens with one attached hydrogen (secondary N) is 2. The van der Waals surface area contributed by atoms with Crippen LogP contribution in [-0.2, 0) is 6.18 Å². The molecule has 0 saturated carbocycles. The van der Waals surface area contributed by atoms with Crippen molar-refractivity contribution in [3.05, 3.63) is 77.2 Å². The Labute approximate surface area is 167 Å². The summed E-state index contributed by atoms with van der Waals surface area (Å²) in [7, 11) is 0. The van der Waals surface area contributed by atoms with Crippen molar-refractivity contribution in [1.29, 1.82) is 0 Å². The van der Waals surface area contributed by atoms with E-state index in [-0.39, 0.29) is 11.5 Å². The van der Waals surface area contributed by atoms with Crippen molar-refractivity contribution in [3.63, 3.8) is 0 Å². The number of carbonyl (C=O) groups is 2. The van der Waals surface area contributed by atoms with Gasteiger partial charge in [-0.15, -0.1) is 0 Å². The van der Waals surface area contributed by atoms with Gasteiger partial charge < -0.3 is 11.1 Å². The van der Waals surface area contributed by atoms with Gasteiger partial charge in [-0.05, 0) is 24.3 Å². The quantitative estimate of drug-likeness (QED) is 0.436. The highest BCUT2D eigenvalue weighted by atomic mass is 19.4. The maximum Gasteiger partial charge on any atom is 0.436 e. The van der Waals surface area contributed by atoms with Crippen molar-refractivity contribution in [2.24, 2.45) is 0 Å². The second-order valence-corrected chi connectivity index (χ2v) is 5.94. The summed E-state index contributed by atoms with van der Waals surface area (Å²) in [5, 5.41) is 4.28. The molecule has 1 aromatic heterocycles. The maximum atomic E-state index is 13.5. The van der Waals surface area contributed by atoms with Gasteiger partial charge in [0.2, 0.25) is 5.95 Å². The molecule has 0 saturated heterocycles. The van der Waals surface area contributed by atoms with E-state index in [1.807, 2.05) is 5.32 Å². The van der Waals surface area contributed by atoms with Crippen molar-refractivity contribution < 1.29 is 27.2 Å². The second-order valence-electron chi connectivity index (χ2n) is 5.94. The van der Waals surface area contributed by atoms with E-state index in [9.17, 15) is 27.2 Å². The Balaban J connectivity index is 1.70. The molecule has 154 valence electrons. The van der Waals surface area contributed by atoms with Crippen molar-refractivity contribution >= 4 is 29.3 Å². The normalized spacial score (nSPS) is 11.1. The lowest BCUT2D eigenvalue weighted by Gasteiger charge is -2.11. The van der Waals surface area contributed by atoms with Crippen LogP contribution in [0.3, 0.4) is 0 Å². The first-order valence-corrected chi connectivity index (χ1v) is 8.33. The molecule has 11 heteroatoms. The summed E-state index contributed by atoms with van der Waals surface area (Å²) in [6, 6.07) is 13.3. The average Bonchev–Trinajstić information content (AvgIpc) is 2.70. The molecular weight excluding hydrogens is 406 g/mol. The minimum absolute atomic E-state index is 0.221. The Hall–Kier alpha value is -4.02. The molecular formula is C19H13F4N5O2. The number of aromatic nitrogens is 2. The second kappa shape index (κ2) is 8.15. The number of hydrogen-bond acceptors (Lipinski definition) is 5. The summed E-state index contributed by atoms with van der Waals surface area (Å²) in [4.78, 5) is 30.6. The van der Waals surface area contributed by atoms with Gasteiger partial charge in [-0.2, -0.15) is 18.2 Å². The van der Waals surface area contributed by atoms with Gasteiger partial charge in [0.1, 0.15) is 0 Å². The number of urea groups is 1. The number of benzene rings is 2. The third-order valence-electron chi connectivity index (χ3n) is 3.81. The molecule has 30 heavy (non-hydrogen) atoms. The van der Waals surface area contributed by atoms with Crippen LogP contribution >= 0.6 is 0 Å². The first-order valence-electron chi connectivity index (χ1n) is 8.33. The van der Waals surface area contributed by atoms with Gasteiger partial charge in [0.25, 0.3) is 0 Å². The van der Waals surface area contributed by atoms with Gasteiger partial charge in [0, 0.05) is 16.8 Å². The zero-order valence-corrected chi connectivity index (χ0v) is 15.0. The van der Waals surface area contributed by atoms with Crippen LogP contribution in [0, 0.1) is 5.82 Å². The molecule has 0 aliphatic heterocycles. The number of halogens is 4. The molecule has 3 aromatic rings. The van der Waals surface area contributed by atoms with E-state index in [0.717, 1.165) is 0 Å². The van der Waals surface area contributed by atoms with Crippen LogP contribution in [-0.4, -0.2) is 21.8 Å². The fourth-order valence-corrected chi connectivity index (χ4v) is 2.43. The Kier molecular flexibility index (Phi) is 5.63. The highest BCUT2D eigenvalue weighted by molar-refractivity contribution is 6.09. The van der Waals surface area contributed by atoms with Crippen molar-refractivity contribution in [1.82, 2.24) is 9.97 Å². The molecule has 2 aromatic carbocycles. The Morgan fingerprint density at radius 2 is 1.47 bits per heavy atom. The molecule has 3 rings (SSSR count). The number of amides is 2. The number of rotatable bonds is 4. The van der Waals surface area contributed by atoms with Crippen LogP contribution in [0.5, 0.6) is 0 Å². The van der Waals surface area contributed by atoms with Crippen LogP contribution in [0.1, 0.15) is 21.6 Å². The number of nitrogens with two attached hydrogens (primary N) is 1. The largest absolute Gasteiger partial charge is 0.436 e. The lowest BCUT2D eigenvalue weighted by molar-refractivity contribution is -0.143. The highest BCUT2D eigenvalue weighted by Gasteiger charge is 2.38. The number of alkyl halides is 3. The molecule has 0 spiro atoms. The van der Waals surface area contributed by atoms with Gasteiger partial charge in [0.15, 0.2) is 23.1 Å². The lowest BCUT2D eigenvalue weighted by Crippen LogP contribution is -2.23. The number of nitrogens with zero attached hydrogens (tertiary/aromatic N) is 2. The minimum Gasteiger partial charge on any atom is -0.381 e. The third kappa shape index (κ3) is 4.69. The predicted octanol–water partition coefficient (Wildman–Crippen LogP) is 4.09. The monoisotopic (exact) mass is 419 g/mol. The van der Waals surface area contributed by atoms with Gasteiger partial charge in [-0.25, -0.2) is 14.2 Å². The molecule has 0 aliphatic carbocycles. The lowest BCUT2D eigenvalue weighted by atomic mass is 10.0. The molecule has 0 aliphatic rings. The van der Waals surface area contributed by atoms with E-state index in [2.05, 4.69) is 15.3 Å². The summed E-state index contributed by atoms with van der Waals surface area (Å²) in [5.41, 5.74) is 4.31. The average molecular weight is 419 g/mol. The summed E-state index contributed by atoms with van der Waals surface area (Å²) in [5.74, 6) is -3.93. The summed E-state index contributed by atoms with van der Waals surface area (Å²) < 4.78 is 51.8. The van der Waals surface area contributed by atoms with E-state index in [0.29, 0.717) is 11.1 Å². The number of nitrogen functional groups attached to an aromatic ring is 1. The summed E-state index contributed by atoms with van der Waals surface area (Å²) in [6.07, 6.45) is -5.12. The van der Waals surface area contributed by atoms with E-state index in [1.54, 1.807) is 30.3 Å². The maximum absolute atomic E-state index is 13.5. The van der Waals surface area contributed by atoms with Gasteiger partial charge in [-0.1, -0.05) is 30.3 Å². The number of carbonyl (C=O) groups excluding carboxylic acids is 2. The van der Waals surface area contributed by atoms with Gasteiger partial charge in [0.05, 0.1) is 0 Å². The number of hydrogen-bond donors (Lipinski definition) is 3. The molecule has 2 amide bonds. The van der Waals surface area contributed by atoms with Crippen LogP contribution < -0.4 is 16.4 Å². The van der Waals surface area contributed by atoms with Crippen LogP contribution in [0.25, 0.3) is 0 Å². The molecule has 0 unspecified atom stereocenters. The fraction of sp³-hybridized carbons (Fsp3) is 0.0526. The zero-order valence-electron chi connectivity index (χ0n) is 15.0. The minimum atomic E-state index is -5.12. The van der Waals surface area contributed by atoms with Gasteiger partial charge in [-0.3, -0.25) is 10.1 Å². The summed E-state index contributed by atoms with van der Waals surface area (Å²) in [6.45, 7) is 0. The van der Waals surface area contributed by atoms with Crippen molar-refractivity contribution in [2.75, 3.05) is 16.4 Å². The first-order chi connectivity index (χ1) is 14.1. The Bertz CT molecular complexity index is 1090. The zero-order chi connectivity index (χ0) is 21.9. The molecule has 0 fully saturated rings. The first kappa shape index (κ1) is 20.7. The molecule has 0 atom stereocenters. The van der Waals surface area contributed by atoms with E-state index >= 15 is 0 Å². The van der Waals surface area contributed by atoms with Crippen LogP contribution in [0.15, 0.2) is 54.6 Å². The topological polar surface area (TPSA) is 110 Å². The highest BCUT2D eigenvalue weighted by Crippen LogP contribution is 2.31. The SMILES string of the molecule is Nc1nc(NC(=O)Nc2ccc(C(=O)c3ccccc3)cc2)nc(C(F)(F)F)c1F.